The maximum Gasteiger partial charge on any atom is 0.264 e. The minimum Gasteiger partial charge on any atom is -0.349 e. The third-order valence-electron chi connectivity index (χ3n) is 4.51. The number of aromatic amines is 1. The van der Waals surface area contributed by atoms with Gasteiger partial charge in [0.25, 0.3) is 11.5 Å². The zero-order valence-corrected chi connectivity index (χ0v) is 15.0. The first-order valence-corrected chi connectivity index (χ1v) is 8.18. The predicted molar refractivity (Wildman–Crippen MR) is 90.9 cm³/mol. The number of carbonyl (C=O) groups excluding carboxylic acids is 1. The van der Waals surface area contributed by atoms with E-state index in [1.165, 1.54) is 0 Å². The summed E-state index contributed by atoms with van der Waals surface area (Å²) >= 11 is 0. The Morgan fingerprint density at radius 3 is 2.43 bits per heavy atom. The van der Waals surface area contributed by atoms with Gasteiger partial charge in [-0.25, -0.2) is 4.98 Å². The Labute approximate surface area is 137 Å². The van der Waals surface area contributed by atoms with Gasteiger partial charge in [0.05, 0.1) is 5.69 Å². The fraction of sp³-hybridized carbons (Fsp3) is 0.706. The van der Waals surface area contributed by atoms with Gasteiger partial charge in [-0.1, -0.05) is 20.8 Å². The highest BCUT2D eigenvalue weighted by Gasteiger charge is 2.29. The summed E-state index contributed by atoms with van der Waals surface area (Å²) in [6, 6.07) is 0.608. The van der Waals surface area contributed by atoms with Gasteiger partial charge in [-0.3, -0.25) is 9.59 Å². The van der Waals surface area contributed by atoms with Crippen LogP contribution in [0.4, 0.5) is 0 Å². The highest BCUT2D eigenvalue weighted by atomic mass is 16.2. The quantitative estimate of drug-likeness (QED) is 0.886. The molecule has 1 heterocycles. The molecule has 1 aromatic rings. The van der Waals surface area contributed by atoms with Gasteiger partial charge in [0.1, 0.15) is 11.4 Å². The summed E-state index contributed by atoms with van der Waals surface area (Å²) in [5.74, 6) is 0.284. The maximum atomic E-state index is 12.5. The van der Waals surface area contributed by atoms with Gasteiger partial charge in [-0.15, -0.1) is 0 Å². The van der Waals surface area contributed by atoms with E-state index in [1.807, 2.05) is 20.8 Å². The molecule has 1 aliphatic rings. The van der Waals surface area contributed by atoms with Gasteiger partial charge < -0.3 is 15.2 Å². The van der Waals surface area contributed by atoms with Crippen molar-refractivity contribution < 1.29 is 4.79 Å². The van der Waals surface area contributed by atoms with Crippen molar-refractivity contribution in [3.05, 3.63) is 27.4 Å². The van der Waals surface area contributed by atoms with Crippen LogP contribution < -0.4 is 10.9 Å². The monoisotopic (exact) mass is 320 g/mol. The minimum atomic E-state index is -0.359. The Bertz CT molecular complexity index is 643. The second-order valence-corrected chi connectivity index (χ2v) is 7.73. The van der Waals surface area contributed by atoms with Crippen molar-refractivity contribution in [2.45, 2.75) is 64.5 Å². The summed E-state index contributed by atoms with van der Waals surface area (Å²) < 4.78 is 0. The van der Waals surface area contributed by atoms with E-state index < -0.39 is 0 Å². The molecule has 6 nitrogen and oxygen atoms in total. The molecule has 2 rings (SSSR count). The number of aromatic nitrogens is 2. The van der Waals surface area contributed by atoms with Crippen molar-refractivity contribution in [1.29, 1.82) is 0 Å². The summed E-state index contributed by atoms with van der Waals surface area (Å²) in [5, 5.41) is 2.99. The van der Waals surface area contributed by atoms with Crippen LogP contribution in [0.15, 0.2) is 4.79 Å². The third-order valence-corrected chi connectivity index (χ3v) is 4.51. The van der Waals surface area contributed by atoms with Gasteiger partial charge in [0.15, 0.2) is 0 Å². The Morgan fingerprint density at radius 1 is 1.30 bits per heavy atom. The summed E-state index contributed by atoms with van der Waals surface area (Å²) in [7, 11) is 4.11. The van der Waals surface area contributed by atoms with Crippen molar-refractivity contribution >= 4 is 5.91 Å². The molecule has 2 unspecified atom stereocenters. The Kier molecular flexibility index (Phi) is 4.94. The van der Waals surface area contributed by atoms with Crippen molar-refractivity contribution in [1.82, 2.24) is 20.2 Å². The lowest BCUT2D eigenvalue weighted by Crippen LogP contribution is -2.39. The molecule has 2 N–H and O–H groups in total. The molecule has 1 aromatic heterocycles. The zero-order valence-electron chi connectivity index (χ0n) is 15.0. The van der Waals surface area contributed by atoms with E-state index in [2.05, 4.69) is 34.3 Å². The first-order valence-electron chi connectivity index (χ1n) is 8.18. The lowest BCUT2D eigenvalue weighted by Gasteiger charge is -2.20. The van der Waals surface area contributed by atoms with E-state index in [1.54, 1.807) is 6.92 Å². The first-order chi connectivity index (χ1) is 10.6. The number of amides is 1. The number of hydrogen-bond donors (Lipinski definition) is 2. The van der Waals surface area contributed by atoms with Gasteiger partial charge in [-0.2, -0.15) is 0 Å². The highest BCUT2D eigenvalue weighted by Crippen LogP contribution is 2.23. The molecule has 0 aliphatic heterocycles. The summed E-state index contributed by atoms with van der Waals surface area (Å²) in [4.78, 5) is 34.2. The van der Waals surface area contributed by atoms with E-state index in [0.717, 1.165) is 19.3 Å². The molecule has 2 atom stereocenters. The molecular formula is C17H28N4O2. The van der Waals surface area contributed by atoms with Crippen LogP contribution in [0.1, 0.15) is 61.9 Å². The molecule has 23 heavy (non-hydrogen) atoms. The smallest absolute Gasteiger partial charge is 0.264 e. The number of aryl methyl sites for hydroxylation is 1. The number of carbonyl (C=O) groups is 1. The van der Waals surface area contributed by atoms with Crippen molar-refractivity contribution in [2.75, 3.05) is 14.1 Å². The number of H-pyrrole nitrogens is 1. The highest BCUT2D eigenvalue weighted by molar-refractivity contribution is 5.95. The van der Waals surface area contributed by atoms with E-state index in [-0.39, 0.29) is 28.5 Å². The van der Waals surface area contributed by atoms with Crippen molar-refractivity contribution in [3.63, 3.8) is 0 Å². The van der Waals surface area contributed by atoms with Gasteiger partial charge in [0.2, 0.25) is 0 Å². The number of nitrogens with zero attached hydrogens (tertiary/aromatic N) is 2. The van der Waals surface area contributed by atoms with Crippen LogP contribution in [0.5, 0.6) is 0 Å². The summed E-state index contributed by atoms with van der Waals surface area (Å²) in [6.07, 6.45) is 2.93. The molecular weight excluding hydrogens is 292 g/mol. The molecule has 1 fully saturated rings. The van der Waals surface area contributed by atoms with E-state index >= 15 is 0 Å². The maximum absolute atomic E-state index is 12.5. The molecule has 0 spiro atoms. The molecule has 1 saturated carbocycles. The second-order valence-electron chi connectivity index (χ2n) is 7.73. The fourth-order valence-electron chi connectivity index (χ4n) is 3.02. The summed E-state index contributed by atoms with van der Waals surface area (Å²) in [5.41, 5.74) is -0.00439. The zero-order chi connectivity index (χ0) is 17.4. The molecule has 6 heteroatoms. The largest absolute Gasteiger partial charge is 0.349 e. The van der Waals surface area contributed by atoms with E-state index in [0.29, 0.717) is 17.6 Å². The first kappa shape index (κ1) is 17.7. The van der Waals surface area contributed by atoms with Gasteiger partial charge in [0, 0.05) is 17.5 Å². The van der Waals surface area contributed by atoms with Crippen LogP contribution >= 0.6 is 0 Å². The Balaban J connectivity index is 2.16. The molecule has 1 amide bonds. The van der Waals surface area contributed by atoms with Crippen molar-refractivity contribution in [2.24, 2.45) is 0 Å². The van der Waals surface area contributed by atoms with Crippen LogP contribution in [-0.4, -0.2) is 47.0 Å². The normalized spacial score (nSPS) is 21.7. The number of nitrogens with one attached hydrogen (secondary N) is 2. The van der Waals surface area contributed by atoms with Crippen molar-refractivity contribution in [3.8, 4) is 0 Å². The van der Waals surface area contributed by atoms with E-state index in [9.17, 15) is 9.59 Å². The second kappa shape index (κ2) is 6.43. The topological polar surface area (TPSA) is 78.1 Å². The third kappa shape index (κ3) is 3.99. The van der Waals surface area contributed by atoms with Crippen LogP contribution in [0.25, 0.3) is 0 Å². The Hall–Kier alpha value is -1.69. The summed E-state index contributed by atoms with van der Waals surface area (Å²) in [6.45, 7) is 7.65. The Morgan fingerprint density at radius 2 is 1.96 bits per heavy atom. The lowest BCUT2D eigenvalue weighted by atomic mass is 9.95. The number of rotatable bonds is 3. The standard InChI is InChI=1S/C17H28N4O2/c1-10-13(15(23)20-16(18-10)17(2,3)4)14(22)19-11-7-8-12(9-11)21(5)6/h11-12H,7-9H2,1-6H3,(H,19,22)(H,18,20,23). The molecule has 128 valence electrons. The van der Waals surface area contributed by atoms with Gasteiger partial charge in [-0.05, 0) is 40.3 Å². The lowest BCUT2D eigenvalue weighted by molar-refractivity contribution is 0.0933. The van der Waals surface area contributed by atoms with Crippen LogP contribution in [-0.2, 0) is 5.41 Å². The minimum absolute atomic E-state index is 0.121. The molecule has 0 aromatic carbocycles. The average Bonchev–Trinajstić information content (AvgIpc) is 2.85. The SMILES string of the molecule is Cc1nc(C(C)(C)C)[nH]c(=O)c1C(=O)NC1CCC(N(C)C)C1. The molecule has 0 radical (unpaired) electrons. The average molecular weight is 320 g/mol. The molecule has 1 aliphatic carbocycles. The van der Waals surface area contributed by atoms with Crippen LogP contribution in [0.3, 0.4) is 0 Å². The van der Waals surface area contributed by atoms with Gasteiger partial charge >= 0.3 is 0 Å². The predicted octanol–water partition coefficient (Wildman–Crippen LogP) is 1.59. The molecule has 0 bridgehead atoms. The molecule has 0 saturated heterocycles. The van der Waals surface area contributed by atoms with Crippen LogP contribution in [0, 0.1) is 6.92 Å². The van der Waals surface area contributed by atoms with Crippen LogP contribution in [0.2, 0.25) is 0 Å². The van der Waals surface area contributed by atoms with E-state index in [4.69, 9.17) is 0 Å². The number of hydrogen-bond acceptors (Lipinski definition) is 4. The fourth-order valence-corrected chi connectivity index (χ4v) is 3.02.